The molecule has 1 saturated heterocycles. The maximum atomic E-state index is 5.69. The highest BCUT2D eigenvalue weighted by molar-refractivity contribution is 8.00. The number of ether oxygens (including phenoxy) is 1. The van der Waals surface area contributed by atoms with E-state index in [0.717, 1.165) is 37.0 Å². The van der Waals surface area contributed by atoms with Crippen molar-refractivity contribution >= 4 is 28.4 Å². The molecule has 168 valence electrons. The first-order chi connectivity index (χ1) is 15.8. The third-order valence-electron chi connectivity index (χ3n) is 6.58. The van der Waals surface area contributed by atoms with Gasteiger partial charge >= 0.3 is 0 Å². The van der Waals surface area contributed by atoms with E-state index in [1.54, 1.807) is 19.1 Å². The second-order valence-electron chi connectivity index (χ2n) is 9.11. The van der Waals surface area contributed by atoms with E-state index >= 15 is 0 Å². The summed E-state index contributed by atoms with van der Waals surface area (Å²) < 4.78 is 9.23. The van der Waals surface area contributed by atoms with Crippen LogP contribution in [0.3, 0.4) is 0 Å². The molecule has 5 rings (SSSR count). The molecule has 2 fully saturated rings. The summed E-state index contributed by atoms with van der Waals surface area (Å²) in [5.41, 5.74) is 2.37. The summed E-state index contributed by atoms with van der Waals surface area (Å²) in [6.07, 6.45) is 4.13. The molecule has 32 heavy (non-hydrogen) atoms. The zero-order valence-corrected chi connectivity index (χ0v) is 19.7. The van der Waals surface area contributed by atoms with Gasteiger partial charge < -0.3 is 14.4 Å². The van der Waals surface area contributed by atoms with Crippen LogP contribution in [-0.4, -0.2) is 49.6 Å². The van der Waals surface area contributed by atoms with Crippen molar-refractivity contribution in [3.05, 3.63) is 66.2 Å². The Morgan fingerprint density at radius 3 is 2.56 bits per heavy atom. The molecule has 1 heterocycles. The van der Waals surface area contributed by atoms with Crippen molar-refractivity contribution in [1.82, 2.24) is 9.80 Å². The van der Waals surface area contributed by atoms with Crippen LogP contribution in [0.4, 0.5) is 5.69 Å². The lowest BCUT2D eigenvalue weighted by atomic mass is 10.1. The van der Waals surface area contributed by atoms with Gasteiger partial charge in [0.1, 0.15) is 5.75 Å². The molecule has 0 radical (unpaired) electrons. The Balaban J connectivity index is 1.22. The number of anilines is 1. The molecule has 3 aromatic carbocycles. The normalized spacial score (nSPS) is 17.9. The lowest BCUT2D eigenvalue weighted by molar-refractivity contribution is 0.244. The number of benzene rings is 3. The summed E-state index contributed by atoms with van der Waals surface area (Å²) in [5.74, 6) is 1.95. The van der Waals surface area contributed by atoms with Crippen LogP contribution in [0.2, 0.25) is 0 Å². The predicted octanol–water partition coefficient (Wildman–Crippen LogP) is 5.89. The monoisotopic (exact) mass is 447 g/mol. The summed E-state index contributed by atoms with van der Waals surface area (Å²) in [5, 5.41) is 2.54. The van der Waals surface area contributed by atoms with Crippen molar-refractivity contribution in [2.45, 2.75) is 30.7 Å². The minimum absolute atomic E-state index is 0.941. The van der Waals surface area contributed by atoms with E-state index in [9.17, 15) is 0 Å². The summed E-state index contributed by atoms with van der Waals surface area (Å²) >= 11 is 1.66. The molecule has 5 heteroatoms. The Bertz CT molecular complexity index is 1050. The van der Waals surface area contributed by atoms with E-state index in [1.165, 1.54) is 60.1 Å². The number of nitrogens with one attached hydrogen (secondary N) is 1. The highest BCUT2D eigenvalue weighted by atomic mass is 32.2. The molecule has 1 aliphatic heterocycles. The Morgan fingerprint density at radius 1 is 0.906 bits per heavy atom. The molecule has 0 amide bonds. The van der Waals surface area contributed by atoms with E-state index in [-0.39, 0.29) is 0 Å². The predicted molar refractivity (Wildman–Crippen MR) is 135 cm³/mol. The third-order valence-corrected chi connectivity index (χ3v) is 7.40. The van der Waals surface area contributed by atoms with Crippen LogP contribution in [0.1, 0.15) is 24.8 Å². The molecular formula is C27H33N3OS. The molecule has 1 saturated carbocycles. The van der Waals surface area contributed by atoms with Crippen LogP contribution in [0.25, 0.3) is 10.8 Å². The van der Waals surface area contributed by atoms with Gasteiger partial charge in [-0.15, -0.1) is 0 Å². The van der Waals surface area contributed by atoms with Crippen LogP contribution < -0.4 is 9.46 Å². The van der Waals surface area contributed by atoms with Gasteiger partial charge in [-0.3, -0.25) is 4.90 Å². The SMILES string of the molecule is COc1ccc(NSc2ccc3ccccc3c2)cc1CN1CCCN(CC2CC2)CC1. The van der Waals surface area contributed by atoms with Crippen LogP contribution >= 0.6 is 11.9 Å². The first kappa shape index (κ1) is 21.6. The van der Waals surface area contributed by atoms with Gasteiger partial charge in [0.25, 0.3) is 0 Å². The molecule has 1 aliphatic carbocycles. The van der Waals surface area contributed by atoms with Crippen molar-refractivity contribution in [3.63, 3.8) is 0 Å². The van der Waals surface area contributed by atoms with Crippen LogP contribution in [0, 0.1) is 5.92 Å². The van der Waals surface area contributed by atoms with Gasteiger partial charge in [0, 0.05) is 42.3 Å². The first-order valence-electron chi connectivity index (χ1n) is 11.8. The number of hydrogen-bond acceptors (Lipinski definition) is 5. The number of hydrogen-bond donors (Lipinski definition) is 1. The van der Waals surface area contributed by atoms with Gasteiger partial charge in [-0.1, -0.05) is 30.3 Å². The average Bonchev–Trinajstić information content (AvgIpc) is 3.66. The van der Waals surface area contributed by atoms with Crippen molar-refractivity contribution in [2.75, 3.05) is 44.6 Å². The van der Waals surface area contributed by atoms with Crippen LogP contribution in [0.5, 0.6) is 5.75 Å². The molecule has 1 N–H and O–H groups in total. The molecule has 0 unspecified atom stereocenters. The maximum absolute atomic E-state index is 5.69. The number of rotatable bonds is 8. The Hall–Kier alpha value is -2.21. The minimum atomic E-state index is 0.941. The van der Waals surface area contributed by atoms with Gasteiger partial charge in [-0.2, -0.15) is 0 Å². The highest BCUT2D eigenvalue weighted by Gasteiger charge is 2.25. The lowest BCUT2D eigenvalue weighted by Crippen LogP contribution is -2.31. The largest absolute Gasteiger partial charge is 0.496 e. The van der Waals surface area contributed by atoms with Gasteiger partial charge in [-0.05, 0) is 91.3 Å². The van der Waals surface area contributed by atoms with Crippen LogP contribution in [0.15, 0.2) is 65.6 Å². The molecule has 0 atom stereocenters. The molecule has 0 aromatic heterocycles. The Labute approximate surface area is 196 Å². The van der Waals surface area contributed by atoms with Gasteiger partial charge in [0.2, 0.25) is 0 Å². The van der Waals surface area contributed by atoms with E-state index < -0.39 is 0 Å². The molecule has 3 aromatic rings. The lowest BCUT2D eigenvalue weighted by Gasteiger charge is -2.23. The van der Waals surface area contributed by atoms with Gasteiger partial charge in [0.05, 0.1) is 7.11 Å². The Morgan fingerprint density at radius 2 is 1.72 bits per heavy atom. The van der Waals surface area contributed by atoms with E-state index in [1.807, 2.05) is 0 Å². The van der Waals surface area contributed by atoms with Gasteiger partial charge in [0.15, 0.2) is 0 Å². The minimum Gasteiger partial charge on any atom is -0.496 e. The number of nitrogens with zero attached hydrogens (tertiary/aromatic N) is 2. The number of fused-ring (bicyclic) bond motifs is 1. The van der Waals surface area contributed by atoms with Crippen molar-refractivity contribution in [1.29, 1.82) is 0 Å². The standard InChI is InChI=1S/C27H33N3OS/c1-31-27-12-10-25(28-32-26-11-9-22-5-2-3-6-23(22)18-26)17-24(27)20-30-14-4-13-29(15-16-30)19-21-7-8-21/h2-3,5-6,9-12,17-18,21,28H,4,7-8,13-16,19-20H2,1H3. The van der Waals surface area contributed by atoms with E-state index in [0.29, 0.717) is 0 Å². The first-order valence-corrected chi connectivity index (χ1v) is 12.6. The van der Waals surface area contributed by atoms with Gasteiger partial charge in [-0.25, -0.2) is 0 Å². The smallest absolute Gasteiger partial charge is 0.123 e. The summed E-state index contributed by atoms with van der Waals surface area (Å²) in [6, 6.07) is 21.5. The average molecular weight is 448 g/mol. The highest BCUT2D eigenvalue weighted by Crippen LogP contribution is 2.31. The molecule has 2 aliphatic rings. The van der Waals surface area contributed by atoms with Crippen LogP contribution in [-0.2, 0) is 6.54 Å². The fraction of sp³-hybridized carbons (Fsp3) is 0.407. The van der Waals surface area contributed by atoms with E-state index in [2.05, 4.69) is 75.2 Å². The second kappa shape index (κ2) is 10.2. The third kappa shape index (κ3) is 5.58. The molecular weight excluding hydrogens is 414 g/mol. The van der Waals surface area contributed by atoms with Crippen molar-refractivity contribution in [2.24, 2.45) is 5.92 Å². The molecule has 0 bridgehead atoms. The van der Waals surface area contributed by atoms with Crippen molar-refractivity contribution < 1.29 is 4.74 Å². The quantitative estimate of drug-likeness (QED) is 0.435. The fourth-order valence-corrected chi connectivity index (χ4v) is 5.27. The summed E-state index contributed by atoms with van der Waals surface area (Å²) in [6.45, 7) is 6.98. The van der Waals surface area contributed by atoms with E-state index in [4.69, 9.17) is 4.74 Å². The summed E-state index contributed by atoms with van der Waals surface area (Å²) in [4.78, 5) is 6.47. The van der Waals surface area contributed by atoms with Crippen molar-refractivity contribution in [3.8, 4) is 5.75 Å². The molecule has 0 spiro atoms. The second-order valence-corrected chi connectivity index (χ2v) is 9.99. The fourth-order valence-electron chi connectivity index (χ4n) is 4.59. The zero-order chi connectivity index (χ0) is 21.8. The Kier molecular flexibility index (Phi) is 6.86. The maximum Gasteiger partial charge on any atom is 0.123 e. The zero-order valence-electron chi connectivity index (χ0n) is 18.9. The molecule has 4 nitrogen and oxygen atoms in total. The summed E-state index contributed by atoms with van der Waals surface area (Å²) in [7, 11) is 1.77. The topological polar surface area (TPSA) is 27.7 Å². The number of methoxy groups -OCH3 is 1.